The van der Waals surface area contributed by atoms with Crippen molar-refractivity contribution in [3.05, 3.63) is 75.7 Å². The van der Waals surface area contributed by atoms with Gasteiger partial charge in [-0.15, -0.1) is 5.10 Å². The minimum Gasteiger partial charge on any atom is -0.408 e. The van der Waals surface area contributed by atoms with Crippen molar-refractivity contribution in [3.8, 4) is 17.3 Å². The van der Waals surface area contributed by atoms with Crippen LogP contribution in [0.5, 0.6) is 0 Å². The van der Waals surface area contributed by atoms with Crippen LogP contribution in [0.4, 0.5) is 10.4 Å². The Hall–Kier alpha value is -4.03. The maximum atomic E-state index is 13.7. The third-order valence-electron chi connectivity index (χ3n) is 5.88. The van der Waals surface area contributed by atoms with Crippen molar-refractivity contribution < 1.29 is 8.81 Å². The molecule has 0 radical (unpaired) electrons. The number of aryl methyl sites for hydroxylation is 1. The Balaban J connectivity index is 1.30. The SMILES string of the molecule is Cc1nnc(N2CCN(Cc3ccc(-c4cc5c(C#N)cc(F)cc5c(=O)[nH]4)cc3)CC2)o1. The second kappa shape index (κ2) is 8.48. The molecule has 0 saturated carbocycles. The van der Waals surface area contributed by atoms with Gasteiger partial charge in [-0.2, -0.15) is 5.26 Å². The summed E-state index contributed by atoms with van der Waals surface area (Å²) in [6, 6.07) is 14.5. The molecule has 5 rings (SSSR count). The van der Waals surface area contributed by atoms with E-state index in [0.717, 1.165) is 56.0 Å². The van der Waals surface area contributed by atoms with Gasteiger partial charge in [0.25, 0.3) is 5.56 Å². The van der Waals surface area contributed by atoms with Crippen LogP contribution in [-0.4, -0.2) is 46.3 Å². The molecule has 0 amide bonds. The maximum Gasteiger partial charge on any atom is 0.318 e. The van der Waals surface area contributed by atoms with E-state index >= 15 is 0 Å². The number of pyridine rings is 1. The maximum absolute atomic E-state index is 13.7. The van der Waals surface area contributed by atoms with Gasteiger partial charge >= 0.3 is 6.01 Å². The van der Waals surface area contributed by atoms with Crippen molar-refractivity contribution in [2.75, 3.05) is 31.1 Å². The summed E-state index contributed by atoms with van der Waals surface area (Å²) in [5, 5.41) is 17.9. The number of nitrogens with zero attached hydrogens (tertiary/aromatic N) is 5. The predicted octanol–water partition coefficient (Wildman–Crippen LogP) is 3.22. The van der Waals surface area contributed by atoms with E-state index in [1.807, 2.05) is 30.3 Å². The number of nitriles is 1. The molecule has 4 aromatic rings. The van der Waals surface area contributed by atoms with Crippen LogP contribution in [-0.2, 0) is 6.54 Å². The Kier molecular flexibility index (Phi) is 5.36. The van der Waals surface area contributed by atoms with Gasteiger partial charge in [-0.25, -0.2) is 4.39 Å². The molecule has 1 N–H and O–H groups in total. The number of H-pyrrole nitrogens is 1. The number of nitrogens with one attached hydrogen (secondary N) is 1. The first-order valence-electron chi connectivity index (χ1n) is 10.6. The van der Waals surface area contributed by atoms with E-state index in [1.54, 1.807) is 13.0 Å². The fourth-order valence-electron chi connectivity index (χ4n) is 4.14. The van der Waals surface area contributed by atoms with E-state index in [0.29, 0.717) is 23.0 Å². The molecule has 166 valence electrons. The van der Waals surface area contributed by atoms with Gasteiger partial charge in [-0.05, 0) is 29.3 Å². The number of rotatable bonds is 4. The van der Waals surface area contributed by atoms with Gasteiger partial charge in [0.15, 0.2) is 0 Å². The molecule has 0 spiro atoms. The summed E-state index contributed by atoms with van der Waals surface area (Å²) < 4.78 is 19.2. The summed E-state index contributed by atoms with van der Waals surface area (Å²) in [6.45, 7) is 6.00. The molecular weight excluding hydrogens is 423 g/mol. The zero-order chi connectivity index (χ0) is 22.9. The Morgan fingerprint density at radius 3 is 2.52 bits per heavy atom. The number of hydrogen-bond donors (Lipinski definition) is 1. The first-order chi connectivity index (χ1) is 16.0. The van der Waals surface area contributed by atoms with Gasteiger partial charge in [-0.3, -0.25) is 9.69 Å². The molecule has 8 nitrogen and oxygen atoms in total. The van der Waals surface area contributed by atoms with E-state index in [1.165, 1.54) is 0 Å². The minimum atomic E-state index is -0.602. The first kappa shape index (κ1) is 20.8. The lowest BCUT2D eigenvalue weighted by Gasteiger charge is -2.33. The zero-order valence-electron chi connectivity index (χ0n) is 18.0. The van der Waals surface area contributed by atoms with Crippen molar-refractivity contribution in [1.82, 2.24) is 20.1 Å². The number of halogens is 1. The van der Waals surface area contributed by atoms with Crippen molar-refractivity contribution in [2.45, 2.75) is 13.5 Å². The quantitative estimate of drug-likeness (QED) is 0.516. The third-order valence-corrected chi connectivity index (χ3v) is 5.88. The Morgan fingerprint density at radius 2 is 1.85 bits per heavy atom. The molecule has 0 bridgehead atoms. The Morgan fingerprint density at radius 1 is 1.09 bits per heavy atom. The molecule has 3 heterocycles. The lowest BCUT2D eigenvalue weighted by molar-refractivity contribution is 0.245. The molecule has 2 aromatic carbocycles. The van der Waals surface area contributed by atoms with Gasteiger partial charge in [0.1, 0.15) is 5.82 Å². The number of piperazine rings is 1. The fraction of sp³-hybridized carbons (Fsp3) is 0.250. The molecule has 1 aliphatic heterocycles. The minimum absolute atomic E-state index is 0.142. The molecule has 1 saturated heterocycles. The van der Waals surface area contributed by atoms with Gasteiger partial charge in [0, 0.05) is 50.7 Å². The molecule has 0 aliphatic carbocycles. The number of anilines is 1. The van der Waals surface area contributed by atoms with E-state index in [2.05, 4.69) is 25.0 Å². The molecule has 1 fully saturated rings. The molecule has 0 unspecified atom stereocenters. The highest BCUT2D eigenvalue weighted by molar-refractivity contribution is 5.90. The van der Waals surface area contributed by atoms with Crippen LogP contribution in [0.1, 0.15) is 17.0 Å². The average molecular weight is 444 g/mol. The molecular formula is C24H21FN6O2. The van der Waals surface area contributed by atoms with Gasteiger partial charge < -0.3 is 14.3 Å². The fourth-order valence-corrected chi connectivity index (χ4v) is 4.14. The van der Waals surface area contributed by atoms with Crippen LogP contribution in [0.15, 0.2) is 51.7 Å². The van der Waals surface area contributed by atoms with Crippen LogP contribution in [0.3, 0.4) is 0 Å². The average Bonchev–Trinajstić information content (AvgIpc) is 3.26. The second-order valence-corrected chi connectivity index (χ2v) is 8.10. The first-order valence-corrected chi connectivity index (χ1v) is 10.6. The number of benzene rings is 2. The second-order valence-electron chi connectivity index (χ2n) is 8.10. The van der Waals surface area contributed by atoms with Crippen LogP contribution in [0.25, 0.3) is 22.0 Å². The summed E-state index contributed by atoms with van der Waals surface area (Å²) in [5.74, 6) is -0.0361. The van der Waals surface area contributed by atoms with Crippen LogP contribution in [0.2, 0.25) is 0 Å². The lowest BCUT2D eigenvalue weighted by Crippen LogP contribution is -2.46. The highest BCUT2D eigenvalue weighted by atomic mass is 19.1. The van der Waals surface area contributed by atoms with Crippen molar-refractivity contribution in [2.24, 2.45) is 0 Å². The van der Waals surface area contributed by atoms with E-state index in [4.69, 9.17) is 4.42 Å². The smallest absolute Gasteiger partial charge is 0.318 e. The molecule has 9 heteroatoms. The van der Waals surface area contributed by atoms with Crippen molar-refractivity contribution >= 4 is 16.8 Å². The largest absolute Gasteiger partial charge is 0.408 e. The van der Waals surface area contributed by atoms with Crippen LogP contribution in [0, 0.1) is 24.1 Å². The van der Waals surface area contributed by atoms with Crippen LogP contribution >= 0.6 is 0 Å². The van der Waals surface area contributed by atoms with Gasteiger partial charge in [0.2, 0.25) is 5.89 Å². The summed E-state index contributed by atoms with van der Waals surface area (Å²) in [6.07, 6.45) is 0. The molecule has 2 aromatic heterocycles. The number of hydrogen-bond acceptors (Lipinski definition) is 7. The third kappa shape index (κ3) is 4.21. The highest BCUT2D eigenvalue weighted by Gasteiger charge is 2.21. The summed E-state index contributed by atoms with van der Waals surface area (Å²) in [5.41, 5.74) is 2.29. The number of aromatic amines is 1. The molecule has 0 atom stereocenters. The number of aromatic nitrogens is 3. The summed E-state index contributed by atoms with van der Waals surface area (Å²) >= 11 is 0. The zero-order valence-corrected chi connectivity index (χ0v) is 18.0. The predicted molar refractivity (Wildman–Crippen MR) is 121 cm³/mol. The normalized spacial score (nSPS) is 14.5. The van der Waals surface area contributed by atoms with Gasteiger partial charge in [0.05, 0.1) is 17.0 Å². The lowest BCUT2D eigenvalue weighted by atomic mass is 10.0. The van der Waals surface area contributed by atoms with Gasteiger partial charge in [-0.1, -0.05) is 29.4 Å². The molecule has 1 aliphatic rings. The Labute approximate surface area is 188 Å². The summed E-state index contributed by atoms with van der Waals surface area (Å²) in [4.78, 5) is 19.8. The van der Waals surface area contributed by atoms with E-state index < -0.39 is 11.4 Å². The molecule has 33 heavy (non-hydrogen) atoms. The van der Waals surface area contributed by atoms with E-state index in [9.17, 15) is 14.4 Å². The van der Waals surface area contributed by atoms with E-state index in [-0.39, 0.29) is 10.9 Å². The van der Waals surface area contributed by atoms with Crippen LogP contribution < -0.4 is 10.5 Å². The number of fused-ring (bicyclic) bond motifs is 1. The highest BCUT2D eigenvalue weighted by Crippen LogP contribution is 2.24. The van der Waals surface area contributed by atoms with Crippen molar-refractivity contribution in [1.29, 1.82) is 5.26 Å². The monoisotopic (exact) mass is 444 g/mol. The topological polar surface area (TPSA) is 102 Å². The standard InChI is InChI=1S/C24H21FN6O2/c1-15-28-29-24(33-15)31-8-6-30(7-9-31)14-16-2-4-17(5-3-16)22-12-20-18(13-26)10-19(25)11-21(20)23(32)27-22/h2-5,10-12H,6-9,14H2,1H3,(H,27,32). The summed E-state index contributed by atoms with van der Waals surface area (Å²) in [7, 11) is 0. The Bertz CT molecular complexity index is 1410. The van der Waals surface area contributed by atoms with Crippen molar-refractivity contribution in [3.63, 3.8) is 0 Å².